The molecule has 0 bridgehead atoms. The lowest BCUT2D eigenvalue weighted by Crippen LogP contribution is -2.16. The van der Waals surface area contributed by atoms with E-state index in [1.54, 1.807) is 7.11 Å². The van der Waals surface area contributed by atoms with Crippen molar-refractivity contribution in [3.8, 4) is 11.5 Å². The van der Waals surface area contributed by atoms with Crippen molar-refractivity contribution in [2.45, 2.75) is 12.5 Å². The second-order valence-electron chi connectivity index (χ2n) is 3.31. The molecule has 1 aromatic carbocycles. The quantitative estimate of drug-likeness (QED) is 0.431. The molecule has 0 N–H and O–H groups in total. The highest BCUT2D eigenvalue weighted by molar-refractivity contribution is 5.49. The number of azide groups is 1. The van der Waals surface area contributed by atoms with Crippen LogP contribution in [0.15, 0.2) is 23.3 Å². The summed E-state index contributed by atoms with van der Waals surface area (Å²) >= 11 is 0. The first-order valence-corrected chi connectivity index (χ1v) is 4.68. The van der Waals surface area contributed by atoms with Crippen molar-refractivity contribution in [3.63, 3.8) is 0 Å². The van der Waals surface area contributed by atoms with E-state index in [0.29, 0.717) is 6.54 Å². The van der Waals surface area contributed by atoms with Gasteiger partial charge in [0.05, 0.1) is 13.7 Å². The lowest BCUT2D eigenvalue weighted by molar-refractivity contribution is 0.231. The maximum absolute atomic E-state index is 8.22. The summed E-state index contributed by atoms with van der Waals surface area (Å²) in [5.41, 5.74) is 9.33. The van der Waals surface area contributed by atoms with Gasteiger partial charge >= 0.3 is 0 Å². The fraction of sp³-hybridized carbons (Fsp3) is 0.400. The first-order valence-electron chi connectivity index (χ1n) is 4.68. The summed E-state index contributed by atoms with van der Waals surface area (Å²) in [4.78, 5) is 2.72. The number of rotatable bonds is 3. The first-order chi connectivity index (χ1) is 7.35. The summed E-state index contributed by atoms with van der Waals surface area (Å²) in [6.07, 6.45) is 0.707. The molecule has 0 saturated heterocycles. The molecule has 78 valence electrons. The van der Waals surface area contributed by atoms with Crippen LogP contribution in [-0.4, -0.2) is 19.8 Å². The second-order valence-corrected chi connectivity index (χ2v) is 3.31. The van der Waals surface area contributed by atoms with Crippen LogP contribution in [-0.2, 0) is 6.42 Å². The van der Waals surface area contributed by atoms with E-state index in [9.17, 15) is 0 Å². The molecule has 1 aromatic rings. The van der Waals surface area contributed by atoms with Crippen molar-refractivity contribution in [1.82, 2.24) is 0 Å². The zero-order chi connectivity index (χ0) is 10.7. The Morgan fingerprint density at radius 1 is 1.67 bits per heavy atom. The number of nitrogens with zero attached hydrogens (tertiary/aromatic N) is 3. The highest BCUT2D eigenvalue weighted by Gasteiger charge is 2.24. The number of benzene rings is 1. The Morgan fingerprint density at radius 3 is 3.27 bits per heavy atom. The van der Waals surface area contributed by atoms with Gasteiger partial charge in [0, 0.05) is 16.9 Å². The molecule has 0 spiro atoms. The second kappa shape index (κ2) is 4.11. The van der Waals surface area contributed by atoms with Crippen LogP contribution in [0.4, 0.5) is 0 Å². The average molecular weight is 205 g/mol. The van der Waals surface area contributed by atoms with Crippen LogP contribution < -0.4 is 9.47 Å². The van der Waals surface area contributed by atoms with E-state index in [-0.39, 0.29) is 6.10 Å². The van der Waals surface area contributed by atoms with Gasteiger partial charge in [-0.1, -0.05) is 17.2 Å². The van der Waals surface area contributed by atoms with E-state index in [1.165, 1.54) is 0 Å². The topological polar surface area (TPSA) is 67.2 Å². The average Bonchev–Trinajstić information content (AvgIpc) is 2.68. The number of methoxy groups -OCH3 is 1. The Balaban J connectivity index is 2.19. The molecule has 0 saturated carbocycles. The molecule has 2 rings (SSSR count). The zero-order valence-electron chi connectivity index (χ0n) is 8.38. The molecule has 1 heterocycles. The smallest absolute Gasteiger partial charge is 0.164 e. The van der Waals surface area contributed by atoms with Gasteiger partial charge in [0.2, 0.25) is 0 Å². The number of hydrogen-bond acceptors (Lipinski definition) is 3. The molecule has 0 aromatic heterocycles. The number of para-hydroxylation sites is 1. The van der Waals surface area contributed by atoms with E-state index < -0.39 is 0 Å². The maximum atomic E-state index is 8.22. The van der Waals surface area contributed by atoms with E-state index >= 15 is 0 Å². The standard InChI is InChI=1S/C10H11N3O2/c1-14-9-4-2-3-7-5-8(6-12-13-11)15-10(7)9/h2-4,8H,5-6H2,1H3. The predicted molar refractivity (Wildman–Crippen MR) is 55.1 cm³/mol. The molecule has 1 aliphatic heterocycles. The molecule has 0 fully saturated rings. The molecule has 0 aliphatic carbocycles. The van der Waals surface area contributed by atoms with Gasteiger partial charge in [-0.2, -0.15) is 0 Å². The highest BCUT2D eigenvalue weighted by atomic mass is 16.5. The van der Waals surface area contributed by atoms with E-state index in [4.69, 9.17) is 15.0 Å². The SMILES string of the molecule is COc1cccc2c1OC(CN=[N+]=[N-])C2. The lowest BCUT2D eigenvalue weighted by atomic mass is 10.1. The van der Waals surface area contributed by atoms with Gasteiger partial charge in [-0.05, 0) is 11.6 Å². The van der Waals surface area contributed by atoms with Crippen molar-refractivity contribution in [3.05, 3.63) is 34.2 Å². The molecular weight excluding hydrogens is 194 g/mol. The van der Waals surface area contributed by atoms with E-state index in [1.807, 2.05) is 18.2 Å². The Kier molecular flexibility index (Phi) is 2.65. The van der Waals surface area contributed by atoms with Crippen molar-refractivity contribution in [2.24, 2.45) is 5.11 Å². The third kappa shape index (κ3) is 1.82. The van der Waals surface area contributed by atoms with Crippen LogP contribution in [0.1, 0.15) is 5.56 Å². The number of hydrogen-bond donors (Lipinski definition) is 0. The molecule has 1 atom stereocenters. The van der Waals surface area contributed by atoms with E-state index in [2.05, 4.69) is 10.0 Å². The minimum atomic E-state index is -0.0628. The highest BCUT2D eigenvalue weighted by Crippen LogP contribution is 2.37. The Bertz CT molecular complexity index is 413. The minimum absolute atomic E-state index is 0.0628. The van der Waals surface area contributed by atoms with Crippen LogP contribution in [0.25, 0.3) is 10.4 Å². The largest absolute Gasteiger partial charge is 0.493 e. The molecule has 5 nitrogen and oxygen atoms in total. The summed E-state index contributed by atoms with van der Waals surface area (Å²) in [7, 11) is 1.61. The molecule has 0 radical (unpaired) electrons. The summed E-state index contributed by atoms with van der Waals surface area (Å²) < 4.78 is 10.8. The van der Waals surface area contributed by atoms with Crippen LogP contribution in [0.2, 0.25) is 0 Å². The lowest BCUT2D eigenvalue weighted by Gasteiger charge is -2.08. The minimum Gasteiger partial charge on any atom is -0.493 e. The Morgan fingerprint density at radius 2 is 2.53 bits per heavy atom. The van der Waals surface area contributed by atoms with Gasteiger partial charge in [0.25, 0.3) is 0 Å². The maximum Gasteiger partial charge on any atom is 0.164 e. The molecular formula is C10H11N3O2. The molecule has 15 heavy (non-hydrogen) atoms. The van der Waals surface area contributed by atoms with Crippen LogP contribution in [0.5, 0.6) is 11.5 Å². The van der Waals surface area contributed by atoms with E-state index in [0.717, 1.165) is 23.5 Å². The third-order valence-corrected chi connectivity index (χ3v) is 2.36. The Hall–Kier alpha value is -1.87. The molecule has 0 amide bonds. The summed E-state index contributed by atoms with van der Waals surface area (Å²) in [6.45, 7) is 0.355. The van der Waals surface area contributed by atoms with Crippen molar-refractivity contribution >= 4 is 0 Å². The van der Waals surface area contributed by atoms with Crippen molar-refractivity contribution in [2.75, 3.05) is 13.7 Å². The third-order valence-electron chi connectivity index (χ3n) is 2.36. The first kappa shape index (κ1) is 9.68. The molecule has 5 heteroatoms. The van der Waals surface area contributed by atoms with Gasteiger partial charge in [0.1, 0.15) is 6.10 Å². The van der Waals surface area contributed by atoms with Crippen LogP contribution in [0, 0.1) is 0 Å². The summed E-state index contributed by atoms with van der Waals surface area (Å²) in [6, 6.07) is 5.78. The Labute approximate surface area is 87.2 Å². The van der Waals surface area contributed by atoms with Crippen LogP contribution in [0.3, 0.4) is 0 Å². The van der Waals surface area contributed by atoms with Gasteiger partial charge < -0.3 is 9.47 Å². The number of fused-ring (bicyclic) bond motifs is 1. The van der Waals surface area contributed by atoms with Gasteiger partial charge in [0.15, 0.2) is 11.5 Å². The van der Waals surface area contributed by atoms with Gasteiger partial charge in [-0.15, -0.1) is 0 Å². The summed E-state index contributed by atoms with van der Waals surface area (Å²) in [5, 5.41) is 3.51. The molecule has 1 aliphatic rings. The predicted octanol–water partition coefficient (Wildman–Crippen LogP) is 2.31. The normalized spacial score (nSPS) is 17.5. The van der Waals surface area contributed by atoms with Crippen molar-refractivity contribution < 1.29 is 9.47 Å². The fourth-order valence-electron chi connectivity index (χ4n) is 1.70. The number of ether oxygens (including phenoxy) is 2. The van der Waals surface area contributed by atoms with Gasteiger partial charge in [-0.3, -0.25) is 0 Å². The monoisotopic (exact) mass is 205 g/mol. The fourth-order valence-corrected chi connectivity index (χ4v) is 1.70. The van der Waals surface area contributed by atoms with Crippen LogP contribution >= 0.6 is 0 Å². The zero-order valence-corrected chi connectivity index (χ0v) is 8.38. The molecule has 1 unspecified atom stereocenters. The summed E-state index contributed by atoms with van der Waals surface area (Å²) in [5.74, 6) is 1.51. The van der Waals surface area contributed by atoms with Crippen molar-refractivity contribution in [1.29, 1.82) is 0 Å². The van der Waals surface area contributed by atoms with Gasteiger partial charge in [-0.25, -0.2) is 0 Å².